The molecule has 9 heteroatoms. The van der Waals surface area contributed by atoms with Crippen molar-refractivity contribution in [2.75, 3.05) is 25.2 Å². The number of benzene rings is 2. The van der Waals surface area contributed by atoms with Gasteiger partial charge in [-0.1, -0.05) is 35.1 Å². The van der Waals surface area contributed by atoms with E-state index in [0.29, 0.717) is 33.7 Å². The molecule has 2 aromatic heterocycles. The monoisotopic (exact) mass is 470 g/mol. The molecule has 4 aromatic rings. The number of carbonyl (C=O) groups excluding carboxylic acids is 1. The number of hydrogen-bond donors (Lipinski definition) is 0. The number of methoxy groups -OCH3 is 1. The number of aromatic nitrogens is 3. The fraction of sp³-hybridized carbons (Fsp3) is 0.261. The van der Waals surface area contributed by atoms with Crippen LogP contribution in [0.2, 0.25) is 5.02 Å². The van der Waals surface area contributed by atoms with Crippen molar-refractivity contribution in [1.82, 2.24) is 14.5 Å². The van der Waals surface area contributed by atoms with Crippen LogP contribution in [-0.4, -0.2) is 40.7 Å². The molecule has 7 nitrogen and oxygen atoms in total. The highest BCUT2D eigenvalue weighted by molar-refractivity contribution is 7.23. The summed E-state index contributed by atoms with van der Waals surface area (Å²) >= 11 is 7.76. The minimum Gasteiger partial charge on any atom is -0.494 e. The Hall–Kier alpha value is -3.10. The highest BCUT2D eigenvalue weighted by Crippen LogP contribution is 2.38. The predicted octanol–water partition coefficient (Wildman–Crippen LogP) is 4.97. The van der Waals surface area contributed by atoms with E-state index < -0.39 is 0 Å². The maximum Gasteiger partial charge on any atom is 0.266 e. The lowest BCUT2D eigenvalue weighted by atomic mass is 10.2. The quantitative estimate of drug-likeness (QED) is 0.345. The summed E-state index contributed by atoms with van der Waals surface area (Å²) in [6.45, 7) is 3.11. The molecule has 0 bridgehead atoms. The fourth-order valence-electron chi connectivity index (χ4n) is 3.31. The van der Waals surface area contributed by atoms with Crippen molar-refractivity contribution >= 4 is 44.2 Å². The number of nitrogens with zero attached hydrogens (tertiary/aromatic N) is 4. The Bertz CT molecular complexity index is 1210. The van der Waals surface area contributed by atoms with Crippen LogP contribution in [0.1, 0.15) is 12.0 Å². The van der Waals surface area contributed by atoms with Crippen LogP contribution in [0.5, 0.6) is 11.5 Å². The Morgan fingerprint density at radius 3 is 2.91 bits per heavy atom. The zero-order valence-electron chi connectivity index (χ0n) is 17.8. The number of rotatable bonds is 9. The van der Waals surface area contributed by atoms with Gasteiger partial charge in [0.15, 0.2) is 11.7 Å². The van der Waals surface area contributed by atoms with Crippen molar-refractivity contribution in [2.24, 2.45) is 0 Å². The molecule has 4 rings (SSSR count). The van der Waals surface area contributed by atoms with Crippen LogP contribution in [0.15, 0.2) is 55.1 Å². The molecule has 0 unspecified atom stereocenters. The van der Waals surface area contributed by atoms with Crippen molar-refractivity contribution in [1.29, 1.82) is 0 Å². The first-order valence-electron chi connectivity index (χ1n) is 10.1. The molecular weight excluding hydrogens is 448 g/mol. The van der Waals surface area contributed by atoms with Crippen LogP contribution < -0.4 is 14.4 Å². The average Bonchev–Trinajstić information content (AvgIpc) is 3.46. The third-order valence-corrected chi connectivity index (χ3v) is 6.45. The predicted molar refractivity (Wildman–Crippen MR) is 127 cm³/mol. The van der Waals surface area contributed by atoms with E-state index in [-0.39, 0.29) is 12.5 Å². The SMILES string of the molecule is COc1ccc(Cl)c2sc(N(CCCn3ccnc3)C(=O)COc3cccc(C)c3)nc12. The summed E-state index contributed by atoms with van der Waals surface area (Å²) in [5.41, 5.74) is 1.71. The number of anilines is 1. The maximum atomic E-state index is 13.2. The number of thiazole rings is 1. The van der Waals surface area contributed by atoms with Crippen molar-refractivity contribution in [3.63, 3.8) is 0 Å². The number of aryl methyl sites for hydroxylation is 2. The zero-order valence-corrected chi connectivity index (χ0v) is 19.4. The van der Waals surface area contributed by atoms with Gasteiger partial charge in [0.05, 0.1) is 23.2 Å². The summed E-state index contributed by atoms with van der Waals surface area (Å²) in [6.07, 6.45) is 6.12. The Morgan fingerprint density at radius 1 is 1.28 bits per heavy atom. The second-order valence-corrected chi connectivity index (χ2v) is 8.61. The van der Waals surface area contributed by atoms with Crippen LogP contribution >= 0.6 is 22.9 Å². The second-order valence-electron chi connectivity index (χ2n) is 7.23. The fourth-order valence-corrected chi connectivity index (χ4v) is 4.61. The standard InChI is InChI=1S/C23H23ClN4O3S/c1-16-5-3-6-17(13-16)31-14-20(29)28(11-4-10-27-12-9-25-15-27)23-26-21-19(30-2)8-7-18(24)22(21)32-23/h3,5-9,12-13,15H,4,10-11,14H2,1-2H3. The molecule has 0 saturated carbocycles. The van der Waals surface area contributed by atoms with Crippen molar-refractivity contribution in [3.05, 3.63) is 65.7 Å². The van der Waals surface area contributed by atoms with Gasteiger partial charge >= 0.3 is 0 Å². The summed E-state index contributed by atoms with van der Waals surface area (Å²) in [5.74, 6) is 1.10. The summed E-state index contributed by atoms with van der Waals surface area (Å²) in [6, 6.07) is 11.2. The summed E-state index contributed by atoms with van der Waals surface area (Å²) in [5, 5.41) is 1.14. The molecule has 0 aliphatic carbocycles. The smallest absolute Gasteiger partial charge is 0.266 e. The van der Waals surface area contributed by atoms with E-state index in [1.54, 1.807) is 36.7 Å². The molecular formula is C23H23ClN4O3S. The number of fused-ring (bicyclic) bond motifs is 1. The first-order valence-corrected chi connectivity index (χ1v) is 11.3. The minimum absolute atomic E-state index is 0.0880. The molecule has 0 saturated heterocycles. The van der Waals surface area contributed by atoms with Gasteiger partial charge in [0.1, 0.15) is 17.0 Å². The highest BCUT2D eigenvalue weighted by atomic mass is 35.5. The molecule has 32 heavy (non-hydrogen) atoms. The van der Waals surface area contributed by atoms with E-state index in [1.165, 1.54) is 11.3 Å². The summed E-state index contributed by atoms with van der Waals surface area (Å²) < 4.78 is 14.0. The molecule has 0 atom stereocenters. The summed E-state index contributed by atoms with van der Waals surface area (Å²) in [4.78, 5) is 23.6. The number of hydrogen-bond acceptors (Lipinski definition) is 6. The van der Waals surface area contributed by atoms with Crippen molar-refractivity contribution < 1.29 is 14.3 Å². The molecule has 0 spiro atoms. The number of carbonyl (C=O) groups is 1. The third-order valence-electron chi connectivity index (χ3n) is 4.91. The molecule has 166 valence electrons. The van der Waals surface area contributed by atoms with Crippen LogP contribution in [0.4, 0.5) is 5.13 Å². The van der Waals surface area contributed by atoms with Gasteiger partial charge in [0.2, 0.25) is 0 Å². The Kier molecular flexibility index (Phi) is 6.92. The average molecular weight is 471 g/mol. The van der Waals surface area contributed by atoms with Gasteiger partial charge in [-0.05, 0) is 43.2 Å². The van der Waals surface area contributed by atoms with Crippen LogP contribution in [0, 0.1) is 6.92 Å². The van der Waals surface area contributed by atoms with E-state index in [4.69, 9.17) is 21.1 Å². The maximum absolute atomic E-state index is 13.2. The highest BCUT2D eigenvalue weighted by Gasteiger charge is 2.22. The Balaban J connectivity index is 1.57. The number of ether oxygens (including phenoxy) is 2. The van der Waals surface area contributed by atoms with Crippen molar-refractivity contribution in [3.8, 4) is 11.5 Å². The zero-order chi connectivity index (χ0) is 22.5. The second kappa shape index (κ2) is 10.0. The molecule has 2 heterocycles. The van der Waals surface area contributed by atoms with Gasteiger partial charge in [0, 0.05) is 25.5 Å². The topological polar surface area (TPSA) is 69.5 Å². The van der Waals surface area contributed by atoms with Crippen molar-refractivity contribution in [2.45, 2.75) is 19.9 Å². The lowest BCUT2D eigenvalue weighted by Crippen LogP contribution is -2.36. The third kappa shape index (κ3) is 5.03. The van der Waals surface area contributed by atoms with Crippen LogP contribution in [0.25, 0.3) is 10.2 Å². The Labute approximate surface area is 195 Å². The van der Waals surface area contributed by atoms with Crippen LogP contribution in [0.3, 0.4) is 0 Å². The number of imidazole rings is 1. The van der Waals surface area contributed by atoms with Gasteiger partial charge < -0.3 is 14.0 Å². The number of amides is 1. The van der Waals surface area contributed by atoms with Gasteiger partial charge in [-0.3, -0.25) is 9.69 Å². The van der Waals surface area contributed by atoms with E-state index in [9.17, 15) is 4.79 Å². The van der Waals surface area contributed by atoms with Crippen LogP contribution in [-0.2, 0) is 11.3 Å². The molecule has 0 N–H and O–H groups in total. The van der Waals surface area contributed by atoms with E-state index in [1.807, 2.05) is 42.0 Å². The van der Waals surface area contributed by atoms with E-state index in [0.717, 1.165) is 23.2 Å². The van der Waals surface area contributed by atoms with E-state index in [2.05, 4.69) is 9.97 Å². The molecule has 0 aliphatic heterocycles. The lowest BCUT2D eigenvalue weighted by Gasteiger charge is -2.20. The van der Waals surface area contributed by atoms with Gasteiger partial charge in [-0.2, -0.15) is 0 Å². The first-order chi connectivity index (χ1) is 15.5. The molecule has 0 fully saturated rings. The minimum atomic E-state index is -0.175. The first kappa shape index (κ1) is 22.1. The van der Waals surface area contributed by atoms with Gasteiger partial charge in [-0.25, -0.2) is 9.97 Å². The van der Waals surface area contributed by atoms with Gasteiger partial charge in [-0.15, -0.1) is 0 Å². The molecule has 1 amide bonds. The Morgan fingerprint density at radius 2 is 2.16 bits per heavy atom. The lowest BCUT2D eigenvalue weighted by molar-refractivity contribution is -0.120. The van der Waals surface area contributed by atoms with E-state index >= 15 is 0 Å². The molecule has 2 aromatic carbocycles. The van der Waals surface area contributed by atoms with Gasteiger partial charge in [0.25, 0.3) is 5.91 Å². The number of halogens is 1. The molecule has 0 radical (unpaired) electrons. The molecule has 0 aliphatic rings. The summed E-state index contributed by atoms with van der Waals surface area (Å²) in [7, 11) is 1.59. The largest absolute Gasteiger partial charge is 0.494 e. The normalized spacial score (nSPS) is 11.0.